The first-order valence-corrected chi connectivity index (χ1v) is 6.68. The lowest BCUT2D eigenvalue weighted by molar-refractivity contribution is 0.341. The van der Waals surface area contributed by atoms with E-state index in [1.807, 2.05) is 0 Å². The van der Waals surface area contributed by atoms with Crippen molar-refractivity contribution in [2.75, 3.05) is 11.0 Å². The number of alkyl halides is 1. The predicted octanol–water partition coefficient (Wildman–Crippen LogP) is 3.47. The van der Waals surface area contributed by atoms with Gasteiger partial charge in [0.15, 0.2) is 0 Å². The predicted molar refractivity (Wildman–Crippen MR) is 69.6 cm³/mol. The van der Waals surface area contributed by atoms with Crippen molar-refractivity contribution in [1.29, 1.82) is 0 Å². The summed E-state index contributed by atoms with van der Waals surface area (Å²) in [4.78, 5) is 0. The third kappa shape index (κ3) is 7.74. The van der Waals surface area contributed by atoms with Crippen LogP contribution in [0.5, 0.6) is 0 Å². The molecule has 2 heteroatoms. The smallest absolute Gasteiger partial charge is 0.0180 e. The lowest BCUT2D eigenvalue weighted by atomic mass is 9.92. The van der Waals surface area contributed by atoms with Gasteiger partial charge in [-0.05, 0) is 24.3 Å². The van der Waals surface area contributed by atoms with Crippen LogP contribution >= 0.6 is 22.6 Å². The average molecular weight is 297 g/mol. The third-order valence-electron chi connectivity index (χ3n) is 2.25. The van der Waals surface area contributed by atoms with Gasteiger partial charge in [-0.2, -0.15) is 0 Å². The number of hydrogen-bond acceptors (Lipinski definition) is 1. The summed E-state index contributed by atoms with van der Waals surface area (Å²) in [5.74, 6) is 0.747. The molecule has 1 unspecified atom stereocenters. The van der Waals surface area contributed by atoms with Crippen LogP contribution in [0.2, 0.25) is 0 Å². The van der Waals surface area contributed by atoms with Crippen molar-refractivity contribution in [1.82, 2.24) is 5.32 Å². The molecule has 0 aliphatic carbocycles. The Morgan fingerprint density at radius 2 is 1.77 bits per heavy atom. The molecule has 13 heavy (non-hydrogen) atoms. The van der Waals surface area contributed by atoms with Gasteiger partial charge in [0.1, 0.15) is 0 Å². The molecule has 0 radical (unpaired) electrons. The maximum atomic E-state index is 3.62. The van der Waals surface area contributed by atoms with Crippen LogP contribution in [0, 0.1) is 11.3 Å². The van der Waals surface area contributed by atoms with Crippen LogP contribution in [0.1, 0.15) is 41.0 Å². The number of nitrogens with one attached hydrogen (secondary N) is 1. The summed E-state index contributed by atoms with van der Waals surface area (Å²) in [6.07, 6.45) is 1.26. The van der Waals surface area contributed by atoms with Crippen molar-refractivity contribution in [2.45, 2.75) is 47.1 Å². The van der Waals surface area contributed by atoms with Crippen LogP contribution in [-0.2, 0) is 0 Å². The van der Waals surface area contributed by atoms with Gasteiger partial charge in [0, 0.05) is 10.5 Å². The van der Waals surface area contributed by atoms with E-state index < -0.39 is 0 Å². The third-order valence-corrected chi connectivity index (χ3v) is 3.20. The quantitative estimate of drug-likeness (QED) is 0.605. The van der Waals surface area contributed by atoms with Gasteiger partial charge in [0.2, 0.25) is 0 Å². The molecule has 1 N–H and O–H groups in total. The fraction of sp³-hybridized carbons (Fsp3) is 1.00. The molecule has 0 rings (SSSR count). The first-order valence-electron chi connectivity index (χ1n) is 5.16. The molecule has 80 valence electrons. The fourth-order valence-corrected chi connectivity index (χ4v) is 2.43. The van der Waals surface area contributed by atoms with Crippen molar-refractivity contribution < 1.29 is 0 Å². The molecule has 0 heterocycles. The first-order chi connectivity index (χ1) is 5.87. The Labute approximate surface area is 97.2 Å². The van der Waals surface area contributed by atoms with E-state index in [0.717, 1.165) is 12.5 Å². The normalized spacial score (nSPS) is 15.0. The van der Waals surface area contributed by atoms with Crippen LogP contribution < -0.4 is 5.32 Å². The van der Waals surface area contributed by atoms with Crippen molar-refractivity contribution >= 4 is 22.6 Å². The Hall–Kier alpha value is 0.690. The maximum absolute atomic E-state index is 3.62. The van der Waals surface area contributed by atoms with Gasteiger partial charge in [-0.3, -0.25) is 0 Å². The summed E-state index contributed by atoms with van der Waals surface area (Å²) in [6.45, 7) is 12.6. The van der Waals surface area contributed by atoms with E-state index in [9.17, 15) is 0 Å². The molecule has 1 atom stereocenters. The Balaban J connectivity index is 3.62. The first kappa shape index (κ1) is 13.7. The second kappa shape index (κ2) is 6.23. The number of halogens is 1. The van der Waals surface area contributed by atoms with Gasteiger partial charge in [-0.25, -0.2) is 0 Å². The molecule has 0 aliphatic heterocycles. The van der Waals surface area contributed by atoms with Gasteiger partial charge < -0.3 is 5.32 Å². The highest BCUT2D eigenvalue weighted by Gasteiger charge is 2.13. The van der Waals surface area contributed by atoms with E-state index in [0.29, 0.717) is 11.5 Å². The van der Waals surface area contributed by atoms with E-state index in [2.05, 4.69) is 62.5 Å². The van der Waals surface area contributed by atoms with Gasteiger partial charge >= 0.3 is 0 Å². The van der Waals surface area contributed by atoms with Crippen LogP contribution in [0.25, 0.3) is 0 Å². The summed E-state index contributed by atoms with van der Waals surface area (Å²) in [5.41, 5.74) is 0.458. The second-order valence-electron chi connectivity index (χ2n) is 5.27. The Kier molecular flexibility index (Phi) is 6.56. The lowest BCUT2D eigenvalue weighted by Crippen LogP contribution is -2.37. The highest BCUT2D eigenvalue weighted by molar-refractivity contribution is 14.1. The number of hydrogen-bond donors (Lipinski definition) is 1. The molecular weight excluding hydrogens is 273 g/mol. The second-order valence-corrected chi connectivity index (χ2v) is 6.15. The van der Waals surface area contributed by atoms with Crippen molar-refractivity contribution in [3.05, 3.63) is 0 Å². The van der Waals surface area contributed by atoms with Crippen LogP contribution in [0.15, 0.2) is 0 Å². The molecule has 0 aromatic heterocycles. The molecule has 0 saturated heterocycles. The molecule has 0 saturated carbocycles. The fourth-order valence-electron chi connectivity index (χ4n) is 1.10. The van der Waals surface area contributed by atoms with Crippen molar-refractivity contribution in [2.24, 2.45) is 11.3 Å². The molecule has 0 aromatic carbocycles. The minimum Gasteiger partial charge on any atom is -0.313 e. The highest BCUT2D eigenvalue weighted by Crippen LogP contribution is 2.17. The summed E-state index contributed by atoms with van der Waals surface area (Å²) < 4.78 is 1.21. The Bertz CT molecular complexity index is 127. The van der Waals surface area contributed by atoms with E-state index in [4.69, 9.17) is 0 Å². The number of rotatable bonds is 5. The monoisotopic (exact) mass is 297 g/mol. The van der Waals surface area contributed by atoms with Gasteiger partial charge in [0.25, 0.3) is 0 Å². The van der Waals surface area contributed by atoms with Crippen LogP contribution in [-0.4, -0.2) is 17.0 Å². The Morgan fingerprint density at radius 1 is 1.23 bits per heavy atom. The standard InChI is InChI=1S/C11H24IN/c1-9(2)10(8-12)13-7-6-11(3,4)5/h9-10,13H,6-8H2,1-5H3. The van der Waals surface area contributed by atoms with Crippen molar-refractivity contribution in [3.63, 3.8) is 0 Å². The SMILES string of the molecule is CC(C)C(CI)NCCC(C)(C)C. The zero-order valence-corrected chi connectivity index (χ0v) is 11.8. The average Bonchev–Trinajstić information content (AvgIpc) is 1.95. The molecule has 0 aromatic rings. The van der Waals surface area contributed by atoms with Gasteiger partial charge in [0.05, 0.1) is 0 Å². The molecule has 0 amide bonds. The van der Waals surface area contributed by atoms with E-state index in [-0.39, 0.29) is 0 Å². The molecule has 0 spiro atoms. The topological polar surface area (TPSA) is 12.0 Å². The Morgan fingerprint density at radius 3 is 2.08 bits per heavy atom. The van der Waals surface area contributed by atoms with E-state index in [1.54, 1.807) is 0 Å². The lowest BCUT2D eigenvalue weighted by Gasteiger charge is -2.23. The largest absolute Gasteiger partial charge is 0.313 e. The molecule has 0 bridgehead atoms. The van der Waals surface area contributed by atoms with Crippen molar-refractivity contribution in [3.8, 4) is 0 Å². The summed E-state index contributed by atoms with van der Waals surface area (Å²) in [5, 5.41) is 3.62. The maximum Gasteiger partial charge on any atom is 0.0180 e. The van der Waals surface area contributed by atoms with Crippen LogP contribution in [0.4, 0.5) is 0 Å². The zero-order chi connectivity index (χ0) is 10.5. The van der Waals surface area contributed by atoms with E-state index >= 15 is 0 Å². The molecule has 1 nitrogen and oxygen atoms in total. The van der Waals surface area contributed by atoms with Crippen LogP contribution in [0.3, 0.4) is 0 Å². The molecule has 0 aliphatic rings. The van der Waals surface area contributed by atoms with Gasteiger partial charge in [-0.15, -0.1) is 0 Å². The summed E-state index contributed by atoms with van der Waals surface area (Å²) in [7, 11) is 0. The molecular formula is C11H24IN. The minimum absolute atomic E-state index is 0.458. The molecule has 0 fully saturated rings. The highest BCUT2D eigenvalue weighted by atomic mass is 127. The summed E-state index contributed by atoms with van der Waals surface area (Å²) in [6, 6.07) is 0.683. The van der Waals surface area contributed by atoms with E-state index in [1.165, 1.54) is 10.8 Å². The van der Waals surface area contributed by atoms with Gasteiger partial charge in [-0.1, -0.05) is 57.2 Å². The summed E-state index contributed by atoms with van der Waals surface area (Å²) >= 11 is 2.46. The zero-order valence-electron chi connectivity index (χ0n) is 9.65. The minimum atomic E-state index is 0.458.